The van der Waals surface area contributed by atoms with E-state index in [9.17, 15) is 23.1 Å². The van der Waals surface area contributed by atoms with Gasteiger partial charge in [0.2, 0.25) is 5.91 Å². The van der Waals surface area contributed by atoms with Gasteiger partial charge in [0.05, 0.1) is 6.42 Å². The number of alkyl halides is 3. The molecule has 1 aliphatic rings. The Morgan fingerprint density at radius 1 is 1.24 bits per heavy atom. The molecule has 1 N–H and O–H groups in total. The third-order valence-electron chi connectivity index (χ3n) is 4.25. The normalized spacial score (nSPS) is 20.7. The van der Waals surface area contributed by atoms with Gasteiger partial charge in [-0.25, -0.2) is 0 Å². The molecular formula is C18H23F3N2O2. The van der Waals surface area contributed by atoms with Gasteiger partial charge in [0, 0.05) is 12.1 Å². The Morgan fingerprint density at radius 2 is 1.92 bits per heavy atom. The molecule has 1 heterocycles. The van der Waals surface area contributed by atoms with E-state index in [1.165, 1.54) is 0 Å². The Balaban J connectivity index is 2.14. The molecule has 0 bridgehead atoms. The van der Waals surface area contributed by atoms with Crippen LogP contribution in [0.25, 0.3) is 0 Å². The summed E-state index contributed by atoms with van der Waals surface area (Å²) in [6, 6.07) is 8.45. The van der Waals surface area contributed by atoms with Crippen molar-refractivity contribution in [1.82, 2.24) is 5.01 Å². The maximum absolute atomic E-state index is 13.4. The molecule has 0 saturated heterocycles. The van der Waals surface area contributed by atoms with E-state index in [-0.39, 0.29) is 17.1 Å². The largest absolute Gasteiger partial charge is 0.438 e. The number of carbonyl (C=O) groups excluding carboxylic acids is 1. The highest BCUT2D eigenvalue weighted by Gasteiger charge is 2.62. The minimum absolute atomic E-state index is 0.220. The molecule has 1 atom stereocenters. The number of hydrazone groups is 1. The van der Waals surface area contributed by atoms with Gasteiger partial charge >= 0.3 is 6.18 Å². The number of amides is 1. The molecule has 2 rings (SSSR count). The zero-order valence-electron chi connectivity index (χ0n) is 14.2. The van der Waals surface area contributed by atoms with Crippen LogP contribution < -0.4 is 0 Å². The Labute approximate surface area is 145 Å². The van der Waals surface area contributed by atoms with Crippen LogP contribution in [0.5, 0.6) is 0 Å². The second-order valence-electron chi connectivity index (χ2n) is 6.34. The van der Waals surface area contributed by atoms with Crippen molar-refractivity contribution in [1.29, 1.82) is 0 Å². The summed E-state index contributed by atoms with van der Waals surface area (Å²) in [5, 5.41) is 14.2. The van der Waals surface area contributed by atoms with Crippen molar-refractivity contribution in [3.8, 4) is 0 Å². The fourth-order valence-electron chi connectivity index (χ4n) is 2.84. The van der Waals surface area contributed by atoms with Gasteiger partial charge in [-0.05, 0) is 18.4 Å². The van der Waals surface area contributed by atoms with Gasteiger partial charge in [0.1, 0.15) is 0 Å². The number of aliphatic hydroxyl groups is 1. The molecule has 138 valence electrons. The van der Waals surface area contributed by atoms with Gasteiger partial charge in [-0.2, -0.15) is 23.3 Å². The lowest BCUT2D eigenvalue weighted by Crippen LogP contribution is -2.57. The highest BCUT2D eigenvalue weighted by atomic mass is 19.4. The number of carbonyl (C=O) groups is 1. The molecule has 4 nitrogen and oxygen atoms in total. The highest BCUT2D eigenvalue weighted by Crippen LogP contribution is 2.41. The third-order valence-corrected chi connectivity index (χ3v) is 4.25. The monoisotopic (exact) mass is 356 g/mol. The SMILES string of the molecule is CCCCCCC1=NN(C(=O)Cc2ccccc2)C(O)(C(F)(F)F)C1. The van der Waals surface area contributed by atoms with Crippen LogP contribution in [0.2, 0.25) is 0 Å². The smallest absolute Gasteiger partial charge is 0.362 e. The first-order valence-electron chi connectivity index (χ1n) is 8.50. The first-order valence-corrected chi connectivity index (χ1v) is 8.50. The van der Waals surface area contributed by atoms with E-state index in [2.05, 4.69) is 5.10 Å². The van der Waals surface area contributed by atoms with Crippen LogP contribution in [-0.4, -0.2) is 33.6 Å². The van der Waals surface area contributed by atoms with E-state index in [0.717, 1.165) is 19.3 Å². The third kappa shape index (κ3) is 4.60. The molecule has 1 aromatic carbocycles. The lowest BCUT2D eigenvalue weighted by Gasteiger charge is -2.32. The van der Waals surface area contributed by atoms with Gasteiger partial charge in [-0.3, -0.25) is 4.79 Å². The number of benzene rings is 1. The van der Waals surface area contributed by atoms with Crippen LogP contribution in [0.4, 0.5) is 13.2 Å². The van der Waals surface area contributed by atoms with Crippen molar-refractivity contribution in [2.45, 2.75) is 63.8 Å². The summed E-state index contributed by atoms with van der Waals surface area (Å²) in [4.78, 5) is 12.4. The van der Waals surface area contributed by atoms with Crippen LogP contribution in [0.15, 0.2) is 35.4 Å². The van der Waals surface area contributed by atoms with Crippen molar-refractivity contribution in [2.75, 3.05) is 0 Å². The number of unbranched alkanes of at least 4 members (excludes halogenated alkanes) is 3. The van der Waals surface area contributed by atoms with Crippen LogP contribution in [-0.2, 0) is 11.2 Å². The van der Waals surface area contributed by atoms with E-state index < -0.39 is 24.2 Å². The Hall–Kier alpha value is -1.89. The van der Waals surface area contributed by atoms with Gasteiger partial charge in [-0.15, -0.1) is 0 Å². The quantitative estimate of drug-likeness (QED) is 0.750. The maximum Gasteiger partial charge on any atom is 0.438 e. The summed E-state index contributed by atoms with van der Waals surface area (Å²) in [7, 11) is 0. The number of hydrogen-bond donors (Lipinski definition) is 1. The van der Waals surface area contributed by atoms with E-state index in [1.54, 1.807) is 30.3 Å². The zero-order chi connectivity index (χ0) is 18.5. The molecule has 1 aromatic rings. The van der Waals surface area contributed by atoms with Crippen molar-refractivity contribution in [3.05, 3.63) is 35.9 Å². The summed E-state index contributed by atoms with van der Waals surface area (Å²) in [5.74, 6) is -0.866. The molecule has 0 spiro atoms. The topological polar surface area (TPSA) is 52.9 Å². The summed E-state index contributed by atoms with van der Waals surface area (Å²) >= 11 is 0. The molecule has 1 aliphatic heterocycles. The molecule has 0 radical (unpaired) electrons. The lowest BCUT2D eigenvalue weighted by molar-refractivity contribution is -0.302. The number of hydrogen-bond acceptors (Lipinski definition) is 3. The predicted molar refractivity (Wildman–Crippen MR) is 88.8 cm³/mol. The standard InChI is InChI=1S/C18H23F3N2O2/c1-2-3-4-8-11-15-13-17(25,18(19,20)21)23(22-15)16(24)12-14-9-6-5-7-10-14/h5-7,9-10,25H,2-4,8,11-13H2,1H3. The van der Waals surface area contributed by atoms with Gasteiger partial charge in [0.15, 0.2) is 0 Å². The summed E-state index contributed by atoms with van der Waals surface area (Å²) in [5.41, 5.74) is -2.46. The lowest BCUT2D eigenvalue weighted by atomic mass is 10.0. The number of rotatable bonds is 7. The van der Waals surface area contributed by atoms with Crippen LogP contribution >= 0.6 is 0 Å². The van der Waals surface area contributed by atoms with E-state index >= 15 is 0 Å². The van der Waals surface area contributed by atoms with Crippen LogP contribution in [0.1, 0.15) is 51.0 Å². The molecule has 0 saturated carbocycles. The maximum atomic E-state index is 13.4. The van der Waals surface area contributed by atoms with Crippen LogP contribution in [0, 0.1) is 0 Å². The first kappa shape index (κ1) is 19.4. The molecule has 1 amide bonds. The second kappa shape index (κ2) is 7.99. The molecule has 1 unspecified atom stereocenters. The fraction of sp³-hybridized carbons (Fsp3) is 0.556. The molecule has 0 fully saturated rings. The average molecular weight is 356 g/mol. The molecule has 0 aromatic heterocycles. The average Bonchev–Trinajstić information content (AvgIpc) is 2.91. The summed E-state index contributed by atoms with van der Waals surface area (Å²) in [6.45, 7) is 2.04. The van der Waals surface area contributed by atoms with Crippen LogP contribution in [0.3, 0.4) is 0 Å². The zero-order valence-corrected chi connectivity index (χ0v) is 14.2. The van der Waals surface area contributed by atoms with Crippen molar-refractivity contribution in [2.24, 2.45) is 5.10 Å². The van der Waals surface area contributed by atoms with Gasteiger partial charge < -0.3 is 5.11 Å². The van der Waals surface area contributed by atoms with Crippen molar-refractivity contribution in [3.63, 3.8) is 0 Å². The summed E-state index contributed by atoms with van der Waals surface area (Å²) in [6.07, 6.45) is -1.94. The van der Waals surface area contributed by atoms with E-state index in [4.69, 9.17) is 0 Å². The van der Waals surface area contributed by atoms with E-state index in [0.29, 0.717) is 18.4 Å². The van der Waals surface area contributed by atoms with Gasteiger partial charge in [-0.1, -0.05) is 56.5 Å². The molecule has 7 heteroatoms. The second-order valence-corrected chi connectivity index (χ2v) is 6.34. The van der Waals surface area contributed by atoms with E-state index in [1.807, 2.05) is 6.92 Å². The van der Waals surface area contributed by atoms with Crippen molar-refractivity contribution < 1.29 is 23.1 Å². The fourth-order valence-corrected chi connectivity index (χ4v) is 2.84. The predicted octanol–water partition coefficient (Wildman–Crippen LogP) is 4.04. The Bertz CT molecular complexity index is 616. The first-order chi connectivity index (χ1) is 11.8. The molecule has 0 aliphatic carbocycles. The Morgan fingerprint density at radius 3 is 2.52 bits per heavy atom. The number of halogens is 3. The number of nitrogens with zero attached hydrogens (tertiary/aromatic N) is 2. The minimum Gasteiger partial charge on any atom is -0.362 e. The Kier molecular flexibility index (Phi) is 6.21. The minimum atomic E-state index is -4.96. The molecule has 25 heavy (non-hydrogen) atoms. The van der Waals surface area contributed by atoms with Crippen molar-refractivity contribution >= 4 is 11.6 Å². The molecular weight excluding hydrogens is 333 g/mol. The van der Waals surface area contributed by atoms with Gasteiger partial charge in [0.25, 0.3) is 5.72 Å². The summed E-state index contributed by atoms with van der Waals surface area (Å²) < 4.78 is 40.2. The highest BCUT2D eigenvalue weighted by molar-refractivity contribution is 5.91.